The third-order valence-electron chi connectivity index (χ3n) is 3.99. The smallest absolute Gasteiger partial charge is 0.332 e. The van der Waals surface area contributed by atoms with Gasteiger partial charge in [-0.15, -0.1) is 0 Å². The van der Waals surface area contributed by atoms with E-state index in [-0.39, 0.29) is 17.3 Å². The van der Waals surface area contributed by atoms with E-state index in [1.165, 1.54) is 15.5 Å². The predicted molar refractivity (Wildman–Crippen MR) is 83.7 cm³/mol. The Bertz CT molecular complexity index is 711. The zero-order valence-electron chi connectivity index (χ0n) is 13.1. The Morgan fingerprint density at radius 1 is 1.19 bits per heavy atom. The van der Waals surface area contributed by atoms with Crippen LogP contribution in [0.1, 0.15) is 58.4 Å². The van der Waals surface area contributed by atoms with Crippen LogP contribution in [0.2, 0.25) is 0 Å². The maximum Gasteiger partial charge on any atom is 0.332 e. The molecule has 0 radical (unpaired) electrons. The molecule has 0 aliphatic carbocycles. The highest BCUT2D eigenvalue weighted by molar-refractivity contribution is 5.68. The summed E-state index contributed by atoms with van der Waals surface area (Å²) in [5.74, 6) is 0. The van der Waals surface area contributed by atoms with Gasteiger partial charge in [-0.25, -0.2) is 9.78 Å². The van der Waals surface area contributed by atoms with E-state index in [2.05, 4.69) is 23.8 Å². The number of H-pyrrole nitrogens is 1. The number of nitrogens with one attached hydrogen (secondary N) is 1. The second-order valence-corrected chi connectivity index (χ2v) is 5.56. The van der Waals surface area contributed by atoms with Crippen molar-refractivity contribution in [2.24, 2.45) is 7.05 Å². The van der Waals surface area contributed by atoms with Crippen LogP contribution in [0.25, 0.3) is 11.2 Å². The molecule has 1 unspecified atom stereocenters. The lowest BCUT2D eigenvalue weighted by molar-refractivity contribution is 0.385. The van der Waals surface area contributed by atoms with Gasteiger partial charge in [0.15, 0.2) is 5.65 Å². The summed E-state index contributed by atoms with van der Waals surface area (Å²) >= 11 is 0. The number of fused-ring (bicyclic) bond motifs is 1. The molecule has 0 bridgehead atoms. The lowest BCUT2D eigenvalue weighted by Crippen LogP contribution is -2.41. The number of aromatic nitrogens is 4. The van der Waals surface area contributed by atoms with Crippen LogP contribution in [0.4, 0.5) is 0 Å². The van der Waals surface area contributed by atoms with Crippen LogP contribution in [0, 0.1) is 0 Å². The van der Waals surface area contributed by atoms with E-state index in [1.807, 2.05) is 0 Å². The molecule has 21 heavy (non-hydrogen) atoms. The lowest BCUT2D eigenvalue weighted by atomic mass is 10.0. The van der Waals surface area contributed by atoms with Gasteiger partial charge in [-0.3, -0.25) is 13.9 Å². The Kier molecular flexibility index (Phi) is 4.98. The number of nitrogens with zero attached hydrogens (tertiary/aromatic N) is 3. The fourth-order valence-corrected chi connectivity index (χ4v) is 2.85. The SMILES string of the molecule is CCCCCC(CCC)n1c(=O)c2[nH]cnc2n(C)c1=O. The minimum absolute atomic E-state index is 0.0274. The van der Waals surface area contributed by atoms with Crippen molar-refractivity contribution in [2.45, 2.75) is 58.4 Å². The first-order chi connectivity index (χ1) is 10.1. The summed E-state index contributed by atoms with van der Waals surface area (Å²) in [7, 11) is 1.66. The molecule has 0 fully saturated rings. The fourth-order valence-electron chi connectivity index (χ4n) is 2.85. The average molecular weight is 292 g/mol. The molecule has 6 nitrogen and oxygen atoms in total. The van der Waals surface area contributed by atoms with Gasteiger partial charge in [-0.05, 0) is 12.8 Å². The summed E-state index contributed by atoms with van der Waals surface area (Å²) in [6, 6.07) is -0.0274. The largest absolute Gasteiger partial charge is 0.339 e. The van der Waals surface area contributed by atoms with Gasteiger partial charge >= 0.3 is 5.69 Å². The minimum atomic E-state index is -0.269. The van der Waals surface area contributed by atoms with Gasteiger partial charge in [0.2, 0.25) is 0 Å². The van der Waals surface area contributed by atoms with E-state index >= 15 is 0 Å². The molecule has 0 spiro atoms. The molecule has 2 aromatic heterocycles. The highest BCUT2D eigenvalue weighted by atomic mass is 16.2. The fraction of sp³-hybridized carbons (Fsp3) is 0.667. The molecule has 116 valence electrons. The molecular weight excluding hydrogens is 268 g/mol. The lowest BCUT2D eigenvalue weighted by Gasteiger charge is -2.19. The summed E-state index contributed by atoms with van der Waals surface area (Å²) in [6.45, 7) is 4.23. The number of imidazole rings is 1. The number of unbranched alkanes of at least 4 members (excludes halogenated alkanes) is 2. The Hall–Kier alpha value is -1.85. The molecule has 0 aliphatic rings. The number of hydrogen-bond donors (Lipinski definition) is 1. The Balaban J connectivity index is 2.51. The van der Waals surface area contributed by atoms with Gasteiger partial charge in [0, 0.05) is 13.1 Å². The molecule has 1 atom stereocenters. The van der Waals surface area contributed by atoms with Crippen LogP contribution in [-0.2, 0) is 7.05 Å². The van der Waals surface area contributed by atoms with Gasteiger partial charge in [-0.1, -0.05) is 39.5 Å². The Morgan fingerprint density at radius 3 is 2.62 bits per heavy atom. The van der Waals surface area contributed by atoms with Gasteiger partial charge in [0.25, 0.3) is 5.56 Å². The monoisotopic (exact) mass is 292 g/mol. The van der Waals surface area contributed by atoms with Gasteiger partial charge < -0.3 is 4.98 Å². The standard InChI is InChI=1S/C15H24N4O2/c1-4-6-7-9-11(8-5-2)19-14(20)12-13(17-10-16-12)18(3)15(19)21/h10-11H,4-9H2,1-3H3,(H,16,17). The zero-order valence-corrected chi connectivity index (χ0v) is 13.1. The van der Waals surface area contributed by atoms with Gasteiger partial charge in [0.05, 0.1) is 6.33 Å². The molecule has 1 N–H and O–H groups in total. The highest BCUT2D eigenvalue weighted by Gasteiger charge is 2.19. The Morgan fingerprint density at radius 2 is 1.95 bits per heavy atom. The highest BCUT2D eigenvalue weighted by Crippen LogP contribution is 2.19. The molecule has 0 saturated carbocycles. The molecule has 2 rings (SSSR count). The van der Waals surface area contributed by atoms with E-state index < -0.39 is 0 Å². The van der Waals surface area contributed by atoms with E-state index in [9.17, 15) is 9.59 Å². The topological polar surface area (TPSA) is 72.7 Å². The van der Waals surface area contributed by atoms with Crippen molar-refractivity contribution in [2.75, 3.05) is 0 Å². The molecule has 2 heterocycles. The van der Waals surface area contributed by atoms with Crippen molar-refractivity contribution in [1.29, 1.82) is 0 Å². The van der Waals surface area contributed by atoms with Crippen molar-refractivity contribution in [3.05, 3.63) is 27.2 Å². The third kappa shape index (κ3) is 2.94. The first-order valence-electron chi connectivity index (χ1n) is 7.76. The van der Waals surface area contributed by atoms with E-state index in [1.54, 1.807) is 7.05 Å². The summed E-state index contributed by atoms with van der Waals surface area (Å²) in [5, 5.41) is 0. The predicted octanol–water partition coefficient (Wildman–Crippen LogP) is 2.34. The summed E-state index contributed by atoms with van der Waals surface area (Å²) in [6.07, 6.45) is 7.43. The van der Waals surface area contributed by atoms with Crippen molar-refractivity contribution in [1.82, 2.24) is 19.1 Å². The number of rotatable bonds is 7. The first kappa shape index (κ1) is 15.5. The van der Waals surface area contributed by atoms with Crippen molar-refractivity contribution in [3.63, 3.8) is 0 Å². The first-order valence-corrected chi connectivity index (χ1v) is 7.76. The zero-order chi connectivity index (χ0) is 15.4. The molecule has 6 heteroatoms. The van der Waals surface area contributed by atoms with Gasteiger partial charge in [0.1, 0.15) is 5.52 Å². The molecule has 0 amide bonds. The van der Waals surface area contributed by atoms with Crippen LogP contribution in [0.5, 0.6) is 0 Å². The van der Waals surface area contributed by atoms with Crippen LogP contribution in [0.15, 0.2) is 15.9 Å². The van der Waals surface area contributed by atoms with Crippen LogP contribution in [-0.4, -0.2) is 19.1 Å². The van der Waals surface area contributed by atoms with Crippen molar-refractivity contribution >= 4 is 11.2 Å². The summed E-state index contributed by atoms with van der Waals surface area (Å²) in [4.78, 5) is 32.0. The quantitative estimate of drug-likeness (QED) is 0.796. The van der Waals surface area contributed by atoms with Gasteiger partial charge in [-0.2, -0.15) is 0 Å². The maximum absolute atomic E-state index is 12.6. The Labute approximate surface area is 123 Å². The molecule has 0 aliphatic heterocycles. The van der Waals surface area contributed by atoms with Crippen molar-refractivity contribution < 1.29 is 0 Å². The second-order valence-electron chi connectivity index (χ2n) is 5.56. The second kappa shape index (κ2) is 6.74. The van der Waals surface area contributed by atoms with Crippen LogP contribution in [0.3, 0.4) is 0 Å². The van der Waals surface area contributed by atoms with Crippen LogP contribution >= 0.6 is 0 Å². The molecule has 0 aromatic carbocycles. The number of aromatic amines is 1. The van der Waals surface area contributed by atoms with E-state index in [4.69, 9.17) is 0 Å². The average Bonchev–Trinajstić information content (AvgIpc) is 2.95. The molecule has 2 aromatic rings. The normalized spacial score (nSPS) is 12.9. The van der Waals surface area contributed by atoms with Crippen LogP contribution < -0.4 is 11.2 Å². The minimum Gasteiger partial charge on any atom is -0.339 e. The maximum atomic E-state index is 12.6. The number of hydrogen-bond acceptors (Lipinski definition) is 3. The third-order valence-corrected chi connectivity index (χ3v) is 3.99. The number of aryl methyl sites for hydroxylation is 1. The summed E-state index contributed by atoms with van der Waals surface area (Å²) < 4.78 is 2.87. The molecule has 0 saturated heterocycles. The van der Waals surface area contributed by atoms with Crippen molar-refractivity contribution in [3.8, 4) is 0 Å². The van der Waals surface area contributed by atoms with E-state index in [0.29, 0.717) is 11.2 Å². The molecular formula is C15H24N4O2. The van der Waals surface area contributed by atoms with E-state index in [0.717, 1.165) is 38.5 Å². The summed E-state index contributed by atoms with van der Waals surface area (Å²) in [5.41, 5.74) is 0.314.